The molecule has 1 aromatic carbocycles. The Labute approximate surface area is 147 Å². The molecule has 7 heteroatoms. The topological polar surface area (TPSA) is 51.2 Å². The Kier molecular flexibility index (Phi) is 5.48. The number of nitrogens with zero attached hydrogens (tertiary/aromatic N) is 2. The normalized spacial score (nSPS) is 19.3. The number of hydrogen-bond acceptors (Lipinski definition) is 5. The Morgan fingerprint density at radius 3 is 3.08 bits per heavy atom. The highest BCUT2D eigenvalue weighted by molar-refractivity contribution is 6.32. The minimum Gasteiger partial charge on any atom is -0.454 e. The van der Waals surface area contributed by atoms with Gasteiger partial charge in [-0.3, -0.25) is 4.79 Å². The third-order valence-electron chi connectivity index (χ3n) is 4.51. The van der Waals surface area contributed by atoms with Gasteiger partial charge < -0.3 is 24.0 Å². The van der Waals surface area contributed by atoms with Crippen LogP contribution in [0.2, 0.25) is 5.02 Å². The molecule has 1 fully saturated rings. The van der Waals surface area contributed by atoms with E-state index < -0.39 is 0 Å². The number of likely N-dealkylation sites (N-methyl/N-ethyl adjacent to an activating group) is 1. The predicted octanol–water partition coefficient (Wildman–Crippen LogP) is 2.25. The molecule has 0 saturated carbocycles. The second-order valence-electron chi connectivity index (χ2n) is 6.24. The molecular weight excluding hydrogens is 332 g/mol. The van der Waals surface area contributed by atoms with Crippen molar-refractivity contribution in [3.05, 3.63) is 22.7 Å². The number of ether oxygens (including phenoxy) is 3. The number of halogens is 1. The molecule has 24 heavy (non-hydrogen) atoms. The van der Waals surface area contributed by atoms with Gasteiger partial charge >= 0.3 is 0 Å². The van der Waals surface area contributed by atoms with Crippen LogP contribution in [0.4, 0.5) is 0 Å². The maximum absolute atomic E-state index is 12.9. The summed E-state index contributed by atoms with van der Waals surface area (Å²) in [6, 6.07) is 3.60. The van der Waals surface area contributed by atoms with Gasteiger partial charge in [0.1, 0.15) is 0 Å². The molecule has 1 aromatic rings. The van der Waals surface area contributed by atoms with Crippen LogP contribution in [0, 0.1) is 0 Å². The minimum atomic E-state index is -0.00200. The van der Waals surface area contributed by atoms with Crippen molar-refractivity contribution in [1.29, 1.82) is 0 Å². The molecule has 0 bridgehead atoms. The highest BCUT2D eigenvalue weighted by Crippen LogP contribution is 2.40. The van der Waals surface area contributed by atoms with Crippen LogP contribution in [0.3, 0.4) is 0 Å². The number of fused-ring (bicyclic) bond motifs is 1. The number of likely N-dealkylation sites (tertiary alicyclic amines) is 1. The van der Waals surface area contributed by atoms with E-state index in [0.717, 1.165) is 32.5 Å². The van der Waals surface area contributed by atoms with E-state index >= 15 is 0 Å². The van der Waals surface area contributed by atoms with Crippen LogP contribution in [-0.2, 0) is 4.74 Å². The number of amides is 1. The van der Waals surface area contributed by atoms with Gasteiger partial charge in [0.25, 0.3) is 5.91 Å². The molecule has 2 heterocycles. The highest BCUT2D eigenvalue weighted by atomic mass is 35.5. The SMILES string of the molecule is COCCN(C)CC1CCCN1C(=O)c1cc(Cl)c2c(c1)OCO2. The lowest BCUT2D eigenvalue weighted by Gasteiger charge is -2.29. The Balaban J connectivity index is 1.71. The van der Waals surface area contributed by atoms with Crippen molar-refractivity contribution in [2.75, 3.05) is 47.2 Å². The molecule has 1 saturated heterocycles. The monoisotopic (exact) mass is 354 g/mol. The number of methoxy groups -OCH3 is 1. The third-order valence-corrected chi connectivity index (χ3v) is 4.79. The van der Waals surface area contributed by atoms with Gasteiger partial charge in [0, 0.05) is 38.3 Å². The lowest BCUT2D eigenvalue weighted by atomic mass is 10.1. The molecule has 3 rings (SSSR count). The third kappa shape index (κ3) is 3.61. The van der Waals surface area contributed by atoms with Gasteiger partial charge in [-0.05, 0) is 32.0 Å². The molecule has 2 aliphatic heterocycles. The summed E-state index contributed by atoms with van der Waals surface area (Å²) in [5.74, 6) is 1.06. The first-order chi connectivity index (χ1) is 11.6. The smallest absolute Gasteiger partial charge is 0.254 e. The van der Waals surface area contributed by atoms with Gasteiger partial charge in [-0.1, -0.05) is 11.6 Å². The van der Waals surface area contributed by atoms with E-state index in [1.165, 1.54) is 0 Å². The van der Waals surface area contributed by atoms with E-state index in [9.17, 15) is 4.79 Å². The molecule has 2 aliphatic rings. The molecule has 1 amide bonds. The molecule has 0 aromatic heterocycles. The quantitative estimate of drug-likeness (QED) is 0.784. The standard InChI is InChI=1S/C17H23ClN2O4/c1-19(6-7-22-2)10-13-4-3-5-20(13)17(21)12-8-14(18)16-15(9-12)23-11-24-16/h8-9,13H,3-7,10-11H2,1-2H3. The van der Waals surface area contributed by atoms with Crippen LogP contribution in [0.1, 0.15) is 23.2 Å². The van der Waals surface area contributed by atoms with Gasteiger partial charge in [0.05, 0.1) is 11.6 Å². The average Bonchev–Trinajstić information content (AvgIpc) is 3.21. The second kappa shape index (κ2) is 7.59. The number of hydrogen-bond donors (Lipinski definition) is 0. The van der Waals surface area contributed by atoms with Crippen LogP contribution in [0.5, 0.6) is 11.5 Å². The Morgan fingerprint density at radius 1 is 1.46 bits per heavy atom. The summed E-state index contributed by atoms with van der Waals surface area (Å²) in [7, 11) is 3.75. The first-order valence-electron chi connectivity index (χ1n) is 8.17. The summed E-state index contributed by atoms with van der Waals surface area (Å²) in [5.41, 5.74) is 0.552. The molecule has 6 nitrogen and oxygen atoms in total. The van der Waals surface area contributed by atoms with Gasteiger partial charge in [0.15, 0.2) is 11.5 Å². The Hall–Kier alpha value is -1.50. The molecular formula is C17H23ClN2O4. The number of carbonyl (C=O) groups excluding carboxylic acids is 1. The number of carbonyl (C=O) groups is 1. The van der Waals surface area contributed by atoms with Crippen LogP contribution in [-0.4, -0.2) is 68.9 Å². The summed E-state index contributed by atoms with van der Waals surface area (Å²) >= 11 is 6.21. The molecule has 0 spiro atoms. The first kappa shape index (κ1) is 17.3. The van der Waals surface area contributed by atoms with Crippen LogP contribution >= 0.6 is 11.6 Å². The van der Waals surface area contributed by atoms with Crippen molar-refractivity contribution < 1.29 is 19.0 Å². The largest absolute Gasteiger partial charge is 0.454 e. The first-order valence-corrected chi connectivity index (χ1v) is 8.55. The van der Waals surface area contributed by atoms with Crippen molar-refractivity contribution in [2.24, 2.45) is 0 Å². The van der Waals surface area contributed by atoms with Gasteiger partial charge in [-0.15, -0.1) is 0 Å². The fourth-order valence-corrected chi connectivity index (χ4v) is 3.51. The lowest BCUT2D eigenvalue weighted by molar-refractivity contribution is 0.0697. The van der Waals surface area contributed by atoms with E-state index in [4.69, 9.17) is 25.8 Å². The maximum Gasteiger partial charge on any atom is 0.254 e. The van der Waals surface area contributed by atoms with Crippen LogP contribution in [0.25, 0.3) is 0 Å². The molecule has 1 unspecified atom stereocenters. The van der Waals surface area contributed by atoms with E-state index in [-0.39, 0.29) is 18.7 Å². The van der Waals surface area contributed by atoms with Crippen molar-refractivity contribution in [1.82, 2.24) is 9.80 Å². The van der Waals surface area contributed by atoms with Crippen LogP contribution < -0.4 is 9.47 Å². The average molecular weight is 355 g/mol. The van der Waals surface area contributed by atoms with E-state index in [2.05, 4.69) is 11.9 Å². The van der Waals surface area contributed by atoms with Gasteiger partial charge in [0.2, 0.25) is 6.79 Å². The van der Waals surface area contributed by atoms with Gasteiger partial charge in [-0.2, -0.15) is 0 Å². The Bertz CT molecular complexity index is 610. The summed E-state index contributed by atoms with van der Waals surface area (Å²) in [6.07, 6.45) is 2.04. The van der Waals surface area contributed by atoms with E-state index in [1.807, 2.05) is 4.90 Å². The summed E-state index contributed by atoms with van der Waals surface area (Å²) in [4.78, 5) is 17.1. The Morgan fingerprint density at radius 2 is 2.29 bits per heavy atom. The van der Waals surface area contributed by atoms with Crippen molar-refractivity contribution in [3.8, 4) is 11.5 Å². The van der Waals surface area contributed by atoms with Crippen molar-refractivity contribution in [2.45, 2.75) is 18.9 Å². The lowest BCUT2D eigenvalue weighted by Crippen LogP contribution is -2.42. The van der Waals surface area contributed by atoms with Crippen molar-refractivity contribution in [3.63, 3.8) is 0 Å². The molecule has 0 aliphatic carbocycles. The highest BCUT2D eigenvalue weighted by Gasteiger charge is 2.31. The fraction of sp³-hybridized carbons (Fsp3) is 0.588. The van der Waals surface area contributed by atoms with E-state index in [1.54, 1.807) is 19.2 Å². The molecule has 1 atom stereocenters. The summed E-state index contributed by atoms with van der Waals surface area (Å²) < 4.78 is 15.8. The molecule has 132 valence electrons. The van der Waals surface area contributed by atoms with E-state index in [0.29, 0.717) is 28.7 Å². The fourth-order valence-electron chi connectivity index (χ4n) is 3.25. The zero-order valence-electron chi connectivity index (χ0n) is 14.1. The van der Waals surface area contributed by atoms with Gasteiger partial charge in [-0.25, -0.2) is 0 Å². The summed E-state index contributed by atoms with van der Waals surface area (Å²) in [5, 5.41) is 0.418. The maximum atomic E-state index is 12.9. The van der Waals surface area contributed by atoms with Crippen molar-refractivity contribution >= 4 is 17.5 Å². The minimum absolute atomic E-state index is 0.00200. The zero-order valence-corrected chi connectivity index (χ0v) is 14.8. The second-order valence-corrected chi connectivity index (χ2v) is 6.65. The number of benzene rings is 1. The van der Waals surface area contributed by atoms with Crippen LogP contribution in [0.15, 0.2) is 12.1 Å². The predicted molar refractivity (Wildman–Crippen MR) is 91.0 cm³/mol. The number of rotatable bonds is 6. The zero-order chi connectivity index (χ0) is 17.1. The summed E-state index contributed by atoms with van der Waals surface area (Å²) in [6.45, 7) is 3.30. The molecule has 0 N–H and O–H groups in total. The molecule has 0 radical (unpaired) electrons.